The zero-order chi connectivity index (χ0) is 8.97. The molecule has 0 heterocycles. The minimum absolute atomic E-state index is 0.388. The van der Waals surface area contributed by atoms with Gasteiger partial charge in [0.2, 0.25) is 0 Å². The topological polar surface area (TPSA) is 33.0 Å². The second kappa shape index (κ2) is 4.31. The molecule has 1 aromatic carbocycles. The van der Waals surface area contributed by atoms with E-state index in [4.69, 9.17) is 10.00 Å². The molecule has 0 bridgehead atoms. The molecule has 1 aromatic rings. The lowest BCUT2D eigenvalue weighted by atomic mass is 10.3. The number of rotatable bonds is 2. The van der Waals surface area contributed by atoms with Crippen LogP contribution < -0.4 is 4.74 Å². The molecule has 62 valence electrons. The molecule has 0 aliphatic heterocycles. The summed E-state index contributed by atoms with van der Waals surface area (Å²) in [7, 11) is 0. The molecule has 0 saturated carbocycles. The fourth-order valence-corrected chi connectivity index (χ4v) is 1.27. The SMILES string of the molecule is C[C@@H](C#N)Oc1ccccc1I. The Hall–Kier alpha value is -0.760. The van der Waals surface area contributed by atoms with Crippen molar-refractivity contribution in [1.29, 1.82) is 5.26 Å². The number of ether oxygens (including phenoxy) is 1. The van der Waals surface area contributed by atoms with E-state index in [0.717, 1.165) is 9.32 Å². The van der Waals surface area contributed by atoms with Crippen molar-refractivity contribution in [2.45, 2.75) is 13.0 Å². The van der Waals surface area contributed by atoms with Crippen molar-refractivity contribution in [2.24, 2.45) is 0 Å². The maximum absolute atomic E-state index is 8.51. The van der Waals surface area contributed by atoms with Crippen molar-refractivity contribution in [3.63, 3.8) is 0 Å². The highest BCUT2D eigenvalue weighted by atomic mass is 127. The summed E-state index contributed by atoms with van der Waals surface area (Å²) in [5, 5.41) is 8.51. The molecule has 0 aromatic heterocycles. The predicted octanol–water partition coefficient (Wildman–Crippen LogP) is 2.58. The van der Waals surface area contributed by atoms with E-state index in [1.807, 2.05) is 30.3 Å². The van der Waals surface area contributed by atoms with Crippen LogP contribution in [0.1, 0.15) is 6.92 Å². The van der Waals surface area contributed by atoms with Crippen LogP contribution in [0.2, 0.25) is 0 Å². The number of nitrogens with zero attached hydrogens (tertiary/aromatic N) is 1. The summed E-state index contributed by atoms with van der Waals surface area (Å²) in [6.07, 6.45) is -0.388. The van der Waals surface area contributed by atoms with Gasteiger partial charge in [0.05, 0.1) is 3.57 Å². The largest absolute Gasteiger partial charge is 0.475 e. The van der Waals surface area contributed by atoms with E-state index >= 15 is 0 Å². The van der Waals surface area contributed by atoms with Gasteiger partial charge < -0.3 is 4.74 Å². The predicted molar refractivity (Wildman–Crippen MR) is 54.9 cm³/mol. The van der Waals surface area contributed by atoms with Crippen molar-refractivity contribution in [2.75, 3.05) is 0 Å². The highest BCUT2D eigenvalue weighted by Gasteiger charge is 2.03. The third-order valence-corrected chi connectivity index (χ3v) is 2.21. The minimum Gasteiger partial charge on any atom is -0.475 e. The van der Waals surface area contributed by atoms with E-state index < -0.39 is 0 Å². The molecule has 12 heavy (non-hydrogen) atoms. The van der Waals surface area contributed by atoms with Crippen LogP contribution in [-0.2, 0) is 0 Å². The molecular weight excluding hydrogens is 265 g/mol. The summed E-state index contributed by atoms with van der Waals surface area (Å²) in [5.74, 6) is 0.771. The van der Waals surface area contributed by atoms with E-state index in [1.54, 1.807) is 6.92 Å². The lowest BCUT2D eigenvalue weighted by Crippen LogP contribution is -2.08. The van der Waals surface area contributed by atoms with Crippen molar-refractivity contribution >= 4 is 22.6 Å². The van der Waals surface area contributed by atoms with Gasteiger partial charge in [0.1, 0.15) is 11.8 Å². The highest BCUT2D eigenvalue weighted by Crippen LogP contribution is 2.20. The maximum atomic E-state index is 8.51. The molecule has 0 aliphatic carbocycles. The van der Waals surface area contributed by atoms with Crippen LogP contribution >= 0.6 is 22.6 Å². The average molecular weight is 273 g/mol. The smallest absolute Gasteiger partial charge is 0.181 e. The Morgan fingerprint density at radius 3 is 2.75 bits per heavy atom. The van der Waals surface area contributed by atoms with Gasteiger partial charge in [-0.15, -0.1) is 0 Å². The molecule has 0 radical (unpaired) electrons. The summed E-state index contributed by atoms with van der Waals surface area (Å²) in [6, 6.07) is 9.64. The first-order valence-electron chi connectivity index (χ1n) is 3.55. The van der Waals surface area contributed by atoms with Crippen LogP contribution in [0.15, 0.2) is 24.3 Å². The van der Waals surface area contributed by atoms with E-state index in [9.17, 15) is 0 Å². The molecule has 0 unspecified atom stereocenters. The molecule has 0 spiro atoms. The zero-order valence-corrected chi connectivity index (χ0v) is 8.78. The molecule has 1 atom stereocenters. The van der Waals surface area contributed by atoms with Gasteiger partial charge in [-0.05, 0) is 41.6 Å². The molecule has 1 rings (SSSR count). The van der Waals surface area contributed by atoms with Crippen LogP contribution in [0.4, 0.5) is 0 Å². The van der Waals surface area contributed by atoms with Crippen molar-refractivity contribution in [3.8, 4) is 11.8 Å². The summed E-state index contributed by atoms with van der Waals surface area (Å²) in [6.45, 7) is 1.73. The van der Waals surface area contributed by atoms with E-state index in [2.05, 4.69) is 22.6 Å². The third-order valence-electron chi connectivity index (χ3n) is 1.32. The summed E-state index contributed by atoms with van der Waals surface area (Å²) in [4.78, 5) is 0. The lowest BCUT2D eigenvalue weighted by molar-refractivity contribution is 0.274. The Morgan fingerprint density at radius 2 is 2.17 bits per heavy atom. The Bertz CT molecular complexity index is 306. The quantitative estimate of drug-likeness (QED) is 0.776. The van der Waals surface area contributed by atoms with Gasteiger partial charge >= 0.3 is 0 Å². The Balaban J connectivity index is 2.77. The second-order valence-electron chi connectivity index (χ2n) is 2.32. The van der Waals surface area contributed by atoms with Gasteiger partial charge in [-0.3, -0.25) is 0 Å². The summed E-state index contributed by atoms with van der Waals surface area (Å²) in [5.41, 5.74) is 0. The molecule has 2 nitrogen and oxygen atoms in total. The number of halogens is 1. The number of hydrogen-bond donors (Lipinski definition) is 0. The molecule has 0 fully saturated rings. The second-order valence-corrected chi connectivity index (χ2v) is 3.48. The Kier molecular flexibility index (Phi) is 3.35. The minimum atomic E-state index is -0.388. The fourth-order valence-electron chi connectivity index (χ4n) is 0.757. The molecular formula is C9H8INO. The van der Waals surface area contributed by atoms with E-state index in [0.29, 0.717) is 0 Å². The molecule has 0 saturated heterocycles. The van der Waals surface area contributed by atoms with Crippen molar-refractivity contribution < 1.29 is 4.74 Å². The number of benzene rings is 1. The number of para-hydroxylation sites is 1. The average Bonchev–Trinajstić information content (AvgIpc) is 2.09. The summed E-state index contributed by atoms with van der Waals surface area (Å²) >= 11 is 2.18. The normalized spacial score (nSPS) is 11.8. The fraction of sp³-hybridized carbons (Fsp3) is 0.222. The molecule has 0 N–H and O–H groups in total. The monoisotopic (exact) mass is 273 g/mol. The van der Waals surface area contributed by atoms with Gasteiger partial charge in [0.15, 0.2) is 6.10 Å². The zero-order valence-electron chi connectivity index (χ0n) is 6.62. The van der Waals surface area contributed by atoms with Crippen molar-refractivity contribution in [3.05, 3.63) is 27.8 Å². The molecule has 3 heteroatoms. The van der Waals surface area contributed by atoms with Crippen LogP contribution in [0.5, 0.6) is 5.75 Å². The number of hydrogen-bond acceptors (Lipinski definition) is 2. The van der Waals surface area contributed by atoms with Gasteiger partial charge in [-0.2, -0.15) is 5.26 Å². The van der Waals surface area contributed by atoms with Crippen LogP contribution in [0.3, 0.4) is 0 Å². The first-order valence-corrected chi connectivity index (χ1v) is 4.62. The Morgan fingerprint density at radius 1 is 1.50 bits per heavy atom. The summed E-state index contributed by atoms with van der Waals surface area (Å²) < 4.78 is 6.35. The van der Waals surface area contributed by atoms with Crippen molar-refractivity contribution in [1.82, 2.24) is 0 Å². The maximum Gasteiger partial charge on any atom is 0.181 e. The van der Waals surface area contributed by atoms with Gasteiger partial charge in [-0.1, -0.05) is 12.1 Å². The standard InChI is InChI=1S/C9H8INO/c1-7(6-11)12-9-5-3-2-4-8(9)10/h2-5,7H,1H3/t7-/m0/s1. The number of nitriles is 1. The van der Waals surface area contributed by atoms with E-state index in [1.165, 1.54) is 0 Å². The van der Waals surface area contributed by atoms with Gasteiger partial charge in [-0.25, -0.2) is 0 Å². The first kappa shape index (κ1) is 9.33. The lowest BCUT2D eigenvalue weighted by Gasteiger charge is -2.08. The van der Waals surface area contributed by atoms with Gasteiger partial charge in [0, 0.05) is 0 Å². The molecule has 0 aliphatic rings. The van der Waals surface area contributed by atoms with Gasteiger partial charge in [0.25, 0.3) is 0 Å². The van der Waals surface area contributed by atoms with E-state index in [-0.39, 0.29) is 6.10 Å². The van der Waals surface area contributed by atoms with Crippen LogP contribution in [0, 0.1) is 14.9 Å². The van der Waals surface area contributed by atoms with Crippen LogP contribution in [0.25, 0.3) is 0 Å². The third kappa shape index (κ3) is 2.38. The Labute approximate surface area is 85.3 Å². The first-order chi connectivity index (χ1) is 5.74. The van der Waals surface area contributed by atoms with Crippen LogP contribution in [-0.4, -0.2) is 6.10 Å². The molecule has 0 amide bonds. The highest BCUT2D eigenvalue weighted by molar-refractivity contribution is 14.1.